The molecule has 2 unspecified atom stereocenters. The zero-order chi connectivity index (χ0) is 12.4. The standard InChI is InChI=1S/C14H18INO/c1-10-3-4-11(2)16(9-10)14(17)12-5-7-13(15)8-6-12/h5-8,10-11H,3-4,9H2,1-2H3. The first-order valence-corrected chi connectivity index (χ1v) is 7.22. The van der Waals surface area contributed by atoms with Gasteiger partial charge in [0.05, 0.1) is 0 Å². The highest BCUT2D eigenvalue weighted by Gasteiger charge is 2.27. The Morgan fingerprint density at radius 3 is 2.53 bits per heavy atom. The van der Waals surface area contributed by atoms with E-state index in [4.69, 9.17) is 0 Å². The number of hydrogen-bond acceptors (Lipinski definition) is 1. The number of benzene rings is 1. The molecule has 1 saturated heterocycles. The lowest BCUT2D eigenvalue weighted by molar-refractivity contribution is 0.0574. The number of rotatable bonds is 1. The van der Waals surface area contributed by atoms with Crippen molar-refractivity contribution in [1.82, 2.24) is 4.90 Å². The fourth-order valence-corrected chi connectivity index (χ4v) is 2.69. The van der Waals surface area contributed by atoms with Crippen molar-refractivity contribution in [3.8, 4) is 0 Å². The van der Waals surface area contributed by atoms with Gasteiger partial charge in [-0.3, -0.25) is 4.79 Å². The van der Waals surface area contributed by atoms with E-state index in [2.05, 4.69) is 36.4 Å². The number of likely N-dealkylation sites (tertiary alicyclic amines) is 1. The average Bonchev–Trinajstić information content (AvgIpc) is 2.32. The molecule has 0 saturated carbocycles. The zero-order valence-corrected chi connectivity index (χ0v) is 12.5. The minimum Gasteiger partial charge on any atom is -0.336 e. The van der Waals surface area contributed by atoms with Gasteiger partial charge in [-0.25, -0.2) is 0 Å². The highest BCUT2D eigenvalue weighted by molar-refractivity contribution is 14.1. The van der Waals surface area contributed by atoms with Gasteiger partial charge >= 0.3 is 0 Å². The van der Waals surface area contributed by atoms with Crippen LogP contribution in [-0.4, -0.2) is 23.4 Å². The minimum atomic E-state index is 0.181. The molecule has 0 N–H and O–H groups in total. The summed E-state index contributed by atoms with van der Waals surface area (Å²) in [5, 5.41) is 0. The monoisotopic (exact) mass is 343 g/mol. The van der Waals surface area contributed by atoms with Crippen molar-refractivity contribution >= 4 is 28.5 Å². The van der Waals surface area contributed by atoms with E-state index in [1.807, 2.05) is 29.2 Å². The fraction of sp³-hybridized carbons (Fsp3) is 0.500. The maximum Gasteiger partial charge on any atom is 0.254 e. The van der Waals surface area contributed by atoms with Crippen molar-refractivity contribution in [2.45, 2.75) is 32.7 Å². The van der Waals surface area contributed by atoms with E-state index in [-0.39, 0.29) is 5.91 Å². The molecule has 1 aliphatic rings. The molecule has 17 heavy (non-hydrogen) atoms. The lowest BCUT2D eigenvalue weighted by Crippen LogP contribution is -2.44. The zero-order valence-electron chi connectivity index (χ0n) is 10.3. The van der Waals surface area contributed by atoms with Crippen LogP contribution in [0.3, 0.4) is 0 Å². The minimum absolute atomic E-state index is 0.181. The van der Waals surface area contributed by atoms with E-state index >= 15 is 0 Å². The number of amides is 1. The van der Waals surface area contributed by atoms with Crippen LogP contribution in [0.2, 0.25) is 0 Å². The molecule has 1 aliphatic heterocycles. The Morgan fingerprint density at radius 1 is 1.24 bits per heavy atom. The SMILES string of the molecule is CC1CCC(C)N(C(=O)c2ccc(I)cc2)C1. The molecule has 1 aromatic rings. The largest absolute Gasteiger partial charge is 0.336 e. The third-order valence-electron chi connectivity index (χ3n) is 3.47. The maximum absolute atomic E-state index is 12.4. The molecule has 92 valence electrons. The summed E-state index contributed by atoms with van der Waals surface area (Å²) >= 11 is 2.26. The molecule has 2 atom stereocenters. The first-order chi connectivity index (χ1) is 8.08. The van der Waals surface area contributed by atoms with E-state index < -0.39 is 0 Å². The van der Waals surface area contributed by atoms with Crippen LogP contribution < -0.4 is 0 Å². The van der Waals surface area contributed by atoms with Crippen molar-refractivity contribution in [3.05, 3.63) is 33.4 Å². The summed E-state index contributed by atoms with van der Waals surface area (Å²) in [7, 11) is 0. The van der Waals surface area contributed by atoms with Gasteiger partial charge in [0.1, 0.15) is 0 Å². The number of hydrogen-bond donors (Lipinski definition) is 0. The van der Waals surface area contributed by atoms with Gasteiger partial charge in [-0.1, -0.05) is 6.92 Å². The number of piperidine rings is 1. The van der Waals surface area contributed by atoms with Crippen molar-refractivity contribution in [2.24, 2.45) is 5.92 Å². The van der Waals surface area contributed by atoms with Crippen LogP contribution in [0, 0.1) is 9.49 Å². The molecule has 0 bridgehead atoms. The lowest BCUT2D eigenvalue weighted by atomic mass is 9.94. The van der Waals surface area contributed by atoms with Crippen molar-refractivity contribution in [2.75, 3.05) is 6.54 Å². The van der Waals surface area contributed by atoms with Gasteiger partial charge in [0, 0.05) is 21.7 Å². The molecule has 0 radical (unpaired) electrons. The van der Waals surface area contributed by atoms with Crippen LogP contribution in [0.5, 0.6) is 0 Å². The smallest absolute Gasteiger partial charge is 0.254 e. The van der Waals surface area contributed by atoms with Crippen LogP contribution in [0.15, 0.2) is 24.3 Å². The predicted molar refractivity (Wildman–Crippen MR) is 78.1 cm³/mol. The fourth-order valence-electron chi connectivity index (χ4n) is 2.33. The third-order valence-corrected chi connectivity index (χ3v) is 4.19. The predicted octanol–water partition coefficient (Wildman–Crippen LogP) is 3.55. The van der Waals surface area contributed by atoms with Crippen molar-refractivity contribution in [3.63, 3.8) is 0 Å². The summed E-state index contributed by atoms with van der Waals surface area (Å²) in [5.41, 5.74) is 0.811. The third kappa shape index (κ3) is 3.00. The van der Waals surface area contributed by atoms with Crippen LogP contribution in [0.25, 0.3) is 0 Å². The Kier molecular flexibility index (Phi) is 4.07. The average molecular weight is 343 g/mol. The molecule has 1 fully saturated rings. The quantitative estimate of drug-likeness (QED) is 0.714. The Labute approximate surface area is 117 Å². The first-order valence-electron chi connectivity index (χ1n) is 6.14. The topological polar surface area (TPSA) is 20.3 Å². The first kappa shape index (κ1) is 12.9. The normalized spacial score (nSPS) is 24.8. The summed E-state index contributed by atoms with van der Waals surface area (Å²) in [6.07, 6.45) is 2.36. The Morgan fingerprint density at radius 2 is 1.88 bits per heavy atom. The Bertz CT molecular complexity index is 401. The molecular weight excluding hydrogens is 325 g/mol. The number of carbonyl (C=O) groups excluding carboxylic acids is 1. The Balaban J connectivity index is 2.15. The number of carbonyl (C=O) groups is 1. The summed E-state index contributed by atoms with van der Waals surface area (Å²) < 4.78 is 1.17. The van der Waals surface area contributed by atoms with Crippen LogP contribution in [0.4, 0.5) is 0 Å². The molecule has 0 aliphatic carbocycles. The summed E-state index contributed by atoms with van der Waals surface area (Å²) in [4.78, 5) is 14.4. The molecule has 1 aromatic carbocycles. The van der Waals surface area contributed by atoms with Gasteiger partial charge in [-0.2, -0.15) is 0 Å². The second-order valence-corrected chi connectivity index (χ2v) is 6.24. The summed E-state index contributed by atoms with van der Waals surface area (Å²) in [6, 6.07) is 8.21. The van der Waals surface area contributed by atoms with Crippen LogP contribution >= 0.6 is 22.6 Å². The van der Waals surface area contributed by atoms with Gasteiger partial charge in [0.25, 0.3) is 5.91 Å². The summed E-state index contributed by atoms with van der Waals surface area (Å²) in [6.45, 7) is 5.27. The van der Waals surface area contributed by atoms with E-state index in [0.717, 1.165) is 18.5 Å². The molecule has 1 amide bonds. The van der Waals surface area contributed by atoms with Crippen LogP contribution in [0.1, 0.15) is 37.0 Å². The van der Waals surface area contributed by atoms with Crippen LogP contribution in [-0.2, 0) is 0 Å². The number of nitrogens with zero attached hydrogens (tertiary/aromatic N) is 1. The molecular formula is C14H18INO. The van der Waals surface area contributed by atoms with Gasteiger partial charge in [-0.05, 0) is 72.5 Å². The maximum atomic E-state index is 12.4. The number of halogens is 1. The highest BCUT2D eigenvalue weighted by atomic mass is 127. The second-order valence-electron chi connectivity index (χ2n) is 5.00. The molecule has 2 nitrogen and oxygen atoms in total. The molecule has 3 heteroatoms. The molecule has 0 aromatic heterocycles. The van der Waals surface area contributed by atoms with Gasteiger partial charge in [-0.15, -0.1) is 0 Å². The van der Waals surface area contributed by atoms with E-state index in [1.165, 1.54) is 9.99 Å². The van der Waals surface area contributed by atoms with Gasteiger partial charge in [0.15, 0.2) is 0 Å². The van der Waals surface area contributed by atoms with Gasteiger partial charge < -0.3 is 4.90 Å². The van der Waals surface area contributed by atoms with E-state index in [0.29, 0.717) is 12.0 Å². The van der Waals surface area contributed by atoms with E-state index in [1.54, 1.807) is 0 Å². The Hall–Kier alpha value is -0.580. The highest BCUT2D eigenvalue weighted by Crippen LogP contribution is 2.23. The molecule has 1 heterocycles. The summed E-state index contributed by atoms with van der Waals surface area (Å²) in [5.74, 6) is 0.805. The van der Waals surface area contributed by atoms with E-state index in [9.17, 15) is 4.79 Å². The van der Waals surface area contributed by atoms with Crippen molar-refractivity contribution < 1.29 is 4.79 Å². The van der Waals surface area contributed by atoms with Crippen molar-refractivity contribution in [1.29, 1.82) is 0 Å². The lowest BCUT2D eigenvalue weighted by Gasteiger charge is -2.36. The van der Waals surface area contributed by atoms with Gasteiger partial charge in [0.2, 0.25) is 0 Å². The second kappa shape index (κ2) is 5.38. The molecule has 2 rings (SSSR count). The molecule has 0 spiro atoms.